The highest BCUT2D eigenvalue weighted by molar-refractivity contribution is 6.30. The molecule has 0 unspecified atom stereocenters. The Kier molecular flexibility index (Phi) is 7.37. The molecular weight excluding hydrogens is 495 g/mol. The minimum Gasteiger partial charge on any atom is -0.493 e. The van der Waals surface area contributed by atoms with Gasteiger partial charge in [-0.3, -0.25) is 0 Å². The predicted molar refractivity (Wildman–Crippen MR) is 141 cm³/mol. The van der Waals surface area contributed by atoms with Crippen molar-refractivity contribution < 1.29 is 18.7 Å². The fourth-order valence-corrected chi connectivity index (χ4v) is 4.65. The molecule has 0 spiro atoms. The van der Waals surface area contributed by atoms with Crippen LogP contribution in [0.3, 0.4) is 0 Å². The largest absolute Gasteiger partial charge is 0.493 e. The summed E-state index contributed by atoms with van der Waals surface area (Å²) in [6.45, 7) is 1.14. The molecule has 1 saturated heterocycles. The molecule has 37 heavy (non-hydrogen) atoms. The van der Waals surface area contributed by atoms with Gasteiger partial charge in [-0.1, -0.05) is 41.9 Å². The maximum atomic E-state index is 14.6. The van der Waals surface area contributed by atoms with Crippen LogP contribution in [-0.4, -0.2) is 47.2 Å². The molecule has 3 aromatic carbocycles. The number of hydrogen-bond donors (Lipinski definition) is 1. The first-order valence-corrected chi connectivity index (χ1v) is 12.4. The molecule has 0 saturated carbocycles. The second-order valence-corrected chi connectivity index (χ2v) is 9.24. The molecule has 1 aliphatic heterocycles. The molecule has 2 amide bonds. The summed E-state index contributed by atoms with van der Waals surface area (Å²) < 4.78 is 26.5. The molecule has 4 aromatic rings. The van der Waals surface area contributed by atoms with Gasteiger partial charge in [-0.05, 0) is 29.8 Å². The summed E-state index contributed by atoms with van der Waals surface area (Å²) in [6, 6.07) is 17.8. The summed E-state index contributed by atoms with van der Waals surface area (Å²) in [7, 11) is 1.58. The first kappa shape index (κ1) is 24.8. The Labute approximate surface area is 219 Å². The van der Waals surface area contributed by atoms with Gasteiger partial charge >= 0.3 is 6.03 Å². The van der Waals surface area contributed by atoms with Crippen molar-refractivity contribution in [3.8, 4) is 11.5 Å². The van der Waals surface area contributed by atoms with Gasteiger partial charge in [-0.25, -0.2) is 19.2 Å². The minimum atomic E-state index is -0.455. The number of para-hydroxylation sites is 1. The Bertz CT molecular complexity index is 1410. The molecule has 5 rings (SSSR count). The van der Waals surface area contributed by atoms with E-state index in [1.165, 1.54) is 12.4 Å². The SMILES string of the molecule is COc1cc2ncnc(Cc3cccc(Cl)c3F)c2cc1OC1CCN(C(=O)Nc2ccccc2)CC1. The van der Waals surface area contributed by atoms with E-state index >= 15 is 0 Å². The number of carbonyl (C=O) groups excluding carboxylic acids is 1. The second kappa shape index (κ2) is 11.0. The van der Waals surface area contributed by atoms with Crippen molar-refractivity contribution in [1.82, 2.24) is 14.9 Å². The van der Waals surface area contributed by atoms with Gasteiger partial charge in [-0.2, -0.15) is 0 Å². The van der Waals surface area contributed by atoms with E-state index < -0.39 is 5.82 Å². The third-order valence-corrected chi connectivity index (χ3v) is 6.73. The van der Waals surface area contributed by atoms with E-state index in [1.807, 2.05) is 36.4 Å². The van der Waals surface area contributed by atoms with Gasteiger partial charge in [0.1, 0.15) is 18.2 Å². The quantitative estimate of drug-likeness (QED) is 0.332. The van der Waals surface area contributed by atoms with Crippen LogP contribution in [0, 0.1) is 5.82 Å². The highest BCUT2D eigenvalue weighted by atomic mass is 35.5. The smallest absolute Gasteiger partial charge is 0.321 e. The zero-order valence-electron chi connectivity index (χ0n) is 20.3. The van der Waals surface area contributed by atoms with Crippen molar-refractivity contribution in [3.63, 3.8) is 0 Å². The standard InChI is InChI=1S/C28H26ClFN4O3/c1-36-25-16-24-21(23(31-17-32-24)14-18-6-5-9-22(29)27(18)30)15-26(25)37-20-10-12-34(13-11-20)28(35)33-19-7-3-2-4-8-19/h2-9,15-17,20H,10-14H2,1H3,(H,33,35). The van der Waals surface area contributed by atoms with Gasteiger partial charge in [0.15, 0.2) is 11.5 Å². The molecule has 9 heteroatoms. The lowest BCUT2D eigenvalue weighted by atomic mass is 10.0. The van der Waals surface area contributed by atoms with Crippen LogP contribution in [-0.2, 0) is 6.42 Å². The fourth-order valence-electron chi connectivity index (χ4n) is 4.46. The number of hydrogen-bond acceptors (Lipinski definition) is 5. The second-order valence-electron chi connectivity index (χ2n) is 8.83. The molecule has 1 aliphatic rings. The van der Waals surface area contributed by atoms with E-state index in [9.17, 15) is 9.18 Å². The molecule has 7 nitrogen and oxygen atoms in total. The van der Waals surface area contributed by atoms with Crippen molar-refractivity contribution in [3.05, 3.63) is 89.1 Å². The number of amides is 2. The van der Waals surface area contributed by atoms with E-state index in [2.05, 4.69) is 15.3 Å². The van der Waals surface area contributed by atoms with Crippen LogP contribution in [0.5, 0.6) is 11.5 Å². The van der Waals surface area contributed by atoms with E-state index in [4.69, 9.17) is 21.1 Å². The number of ether oxygens (including phenoxy) is 2. The number of anilines is 1. The molecule has 0 aliphatic carbocycles. The van der Waals surface area contributed by atoms with Gasteiger partial charge in [0.25, 0.3) is 0 Å². The van der Waals surface area contributed by atoms with Crippen LogP contribution in [0.15, 0.2) is 67.0 Å². The van der Waals surface area contributed by atoms with Crippen molar-refractivity contribution >= 4 is 34.2 Å². The van der Waals surface area contributed by atoms with Gasteiger partial charge in [0.2, 0.25) is 0 Å². The zero-order chi connectivity index (χ0) is 25.8. The van der Waals surface area contributed by atoms with Gasteiger partial charge < -0.3 is 19.7 Å². The van der Waals surface area contributed by atoms with Gasteiger partial charge in [-0.15, -0.1) is 0 Å². The Hall–Kier alpha value is -3.91. The number of methoxy groups -OCH3 is 1. The van der Waals surface area contributed by atoms with E-state index in [1.54, 1.807) is 30.2 Å². The summed E-state index contributed by atoms with van der Waals surface area (Å²) >= 11 is 5.97. The van der Waals surface area contributed by atoms with Crippen LogP contribution in [0.25, 0.3) is 10.9 Å². The van der Waals surface area contributed by atoms with Crippen LogP contribution in [0.4, 0.5) is 14.9 Å². The number of fused-ring (bicyclic) bond motifs is 1. The molecule has 1 N–H and O–H groups in total. The van der Waals surface area contributed by atoms with Crippen molar-refractivity contribution in [2.75, 3.05) is 25.5 Å². The molecule has 0 bridgehead atoms. The summed E-state index contributed by atoms with van der Waals surface area (Å²) in [5, 5.41) is 3.75. The number of benzene rings is 3. The number of carbonyl (C=O) groups is 1. The van der Waals surface area contributed by atoms with Crippen LogP contribution >= 0.6 is 11.6 Å². The Morgan fingerprint density at radius 1 is 1.08 bits per heavy atom. The van der Waals surface area contributed by atoms with Gasteiger partial charge in [0.05, 0.1) is 23.3 Å². The number of urea groups is 1. The minimum absolute atomic E-state index is 0.0744. The molecule has 2 heterocycles. The number of aromatic nitrogens is 2. The summed E-state index contributed by atoms with van der Waals surface area (Å²) in [5.74, 6) is 0.657. The van der Waals surface area contributed by atoms with Crippen LogP contribution < -0.4 is 14.8 Å². The lowest BCUT2D eigenvalue weighted by Gasteiger charge is -2.32. The lowest BCUT2D eigenvalue weighted by Crippen LogP contribution is -2.43. The summed E-state index contributed by atoms with van der Waals surface area (Å²) in [4.78, 5) is 23.2. The predicted octanol–water partition coefficient (Wildman–Crippen LogP) is 6.10. The first-order valence-electron chi connectivity index (χ1n) is 12.0. The highest BCUT2D eigenvalue weighted by Crippen LogP contribution is 2.35. The van der Waals surface area contributed by atoms with Crippen molar-refractivity contribution in [1.29, 1.82) is 0 Å². The van der Waals surface area contributed by atoms with Crippen molar-refractivity contribution in [2.45, 2.75) is 25.4 Å². The molecule has 1 fully saturated rings. The Balaban J connectivity index is 1.31. The third kappa shape index (κ3) is 5.59. The fraction of sp³-hybridized carbons (Fsp3) is 0.250. The van der Waals surface area contributed by atoms with Crippen LogP contribution in [0.1, 0.15) is 24.1 Å². The Morgan fingerprint density at radius 3 is 2.62 bits per heavy atom. The van der Waals surface area contributed by atoms with E-state index in [-0.39, 0.29) is 23.6 Å². The van der Waals surface area contributed by atoms with E-state index in [0.717, 1.165) is 11.1 Å². The highest BCUT2D eigenvalue weighted by Gasteiger charge is 2.25. The number of nitrogens with one attached hydrogen (secondary N) is 1. The Morgan fingerprint density at radius 2 is 1.86 bits per heavy atom. The number of rotatable bonds is 6. The molecule has 1 aromatic heterocycles. The average Bonchev–Trinajstić information content (AvgIpc) is 2.92. The maximum absolute atomic E-state index is 14.6. The number of likely N-dealkylation sites (tertiary alicyclic amines) is 1. The first-order chi connectivity index (χ1) is 18.0. The molecule has 0 atom stereocenters. The summed E-state index contributed by atoms with van der Waals surface area (Å²) in [6.07, 6.45) is 2.97. The third-order valence-electron chi connectivity index (χ3n) is 6.44. The maximum Gasteiger partial charge on any atom is 0.321 e. The van der Waals surface area contributed by atoms with E-state index in [0.29, 0.717) is 54.2 Å². The monoisotopic (exact) mass is 520 g/mol. The van der Waals surface area contributed by atoms with Crippen molar-refractivity contribution in [2.24, 2.45) is 0 Å². The number of halogens is 2. The lowest BCUT2D eigenvalue weighted by molar-refractivity contribution is 0.113. The molecule has 190 valence electrons. The van der Waals surface area contributed by atoms with Gasteiger partial charge in [0, 0.05) is 49.5 Å². The van der Waals surface area contributed by atoms with Crippen LogP contribution in [0.2, 0.25) is 5.02 Å². The zero-order valence-corrected chi connectivity index (χ0v) is 21.0. The summed E-state index contributed by atoms with van der Waals surface area (Å²) in [5.41, 5.74) is 2.55. The molecular formula is C28H26ClFN4O3. The number of nitrogens with zero attached hydrogens (tertiary/aromatic N) is 3. The molecule has 0 radical (unpaired) electrons. The number of piperidine rings is 1. The average molecular weight is 521 g/mol. The topological polar surface area (TPSA) is 76.6 Å². The normalized spacial score (nSPS) is 14.0.